The number of amides is 3. The van der Waals surface area contributed by atoms with Crippen molar-refractivity contribution in [1.29, 1.82) is 0 Å². The van der Waals surface area contributed by atoms with Crippen LogP contribution < -0.4 is 10.6 Å². The van der Waals surface area contributed by atoms with Crippen molar-refractivity contribution in [3.63, 3.8) is 0 Å². The maximum Gasteiger partial charge on any atom is 0.408 e. The molecule has 3 N–H and O–H groups in total. The first-order chi connectivity index (χ1) is 21.4. The summed E-state index contributed by atoms with van der Waals surface area (Å²) in [4.78, 5) is 56.0. The highest BCUT2D eigenvalue weighted by molar-refractivity contribution is 5.94. The fraction of sp³-hybridized carbons (Fsp3) is 0.556. The number of hydrogen-bond donors (Lipinski definition) is 3. The largest absolute Gasteiger partial charge is 0.508 e. The Morgan fingerprint density at radius 2 is 1.50 bits per heavy atom. The van der Waals surface area contributed by atoms with Gasteiger partial charge < -0.3 is 30.1 Å². The monoisotopic (exact) mass is 639 g/mol. The zero-order valence-corrected chi connectivity index (χ0v) is 28.9. The van der Waals surface area contributed by atoms with E-state index in [0.29, 0.717) is 17.5 Å². The summed E-state index contributed by atoms with van der Waals surface area (Å²) >= 11 is 0. The molecule has 0 aromatic heterocycles. The summed E-state index contributed by atoms with van der Waals surface area (Å²) in [6, 6.07) is 10.7. The van der Waals surface area contributed by atoms with E-state index in [-0.39, 0.29) is 18.7 Å². The zero-order chi connectivity index (χ0) is 34.7. The molecule has 10 nitrogen and oxygen atoms in total. The number of phenolic OH excluding ortho intramolecular Hbond substituents is 1. The Morgan fingerprint density at radius 3 is 2.07 bits per heavy atom. The van der Waals surface area contributed by atoms with Gasteiger partial charge in [0.15, 0.2) is 0 Å². The Bertz CT molecular complexity index is 1320. The molecule has 0 fully saturated rings. The number of ether oxygens (including phenoxy) is 2. The normalized spacial score (nSPS) is 13.6. The van der Waals surface area contributed by atoms with Gasteiger partial charge in [-0.25, -0.2) is 9.59 Å². The predicted octanol–water partition coefficient (Wildman–Crippen LogP) is 6.13. The first kappa shape index (κ1) is 38.1. The lowest BCUT2D eigenvalue weighted by molar-refractivity contribution is -0.159. The van der Waals surface area contributed by atoms with Gasteiger partial charge in [-0.3, -0.25) is 9.59 Å². The van der Waals surface area contributed by atoms with Crippen LogP contribution in [0.5, 0.6) is 5.75 Å². The third-order valence-corrected chi connectivity index (χ3v) is 7.03. The van der Waals surface area contributed by atoms with Crippen LogP contribution in [0.2, 0.25) is 0 Å². The topological polar surface area (TPSA) is 134 Å². The van der Waals surface area contributed by atoms with E-state index in [9.17, 15) is 24.3 Å². The number of carbonyl (C=O) groups is 4. The number of hydrogen-bond acceptors (Lipinski definition) is 7. The van der Waals surface area contributed by atoms with Gasteiger partial charge in [0.1, 0.15) is 35.1 Å². The van der Waals surface area contributed by atoms with Gasteiger partial charge in [-0.05, 0) is 90.6 Å². The molecule has 0 aliphatic heterocycles. The molecule has 3 atom stereocenters. The van der Waals surface area contributed by atoms with E-state index in [0.717, 1.165) is 24.8 Å². The van der Waals surface area contributed by atoms with E-state index < -0.39 is 53.2 Å². The number of unbranched alkanes of at least 4 members (excludes halogenated alkanes) is 3. The molecule has 2 aromatic rings. The molecule has 46 heavy (non-hydrogen) atoms. The maximum absolute atomic E-state index is 14.4. The average molecular weight is 640 g/mol. The summed E-state index contributed by atoms with van der Waals surface area (Å²) in [6.45, 7) is 16.0. The van der Waals surface area contributed by atoms with Crippen LogP contribution in [-0.2, 0) is 30.3 Å². The molecule has 0 heterocycles. The molecule has 0 radical (unpaired) electrons. The lowest BCUT2D eigenvalue weighted by atomic mass is 9.98. The number of phenols is 1. The van der Waals surface area contributed by atoms with E-state index >= 15 is 0 Å². The zero-order valence-electron chi connectivity index (χ0n) is 28.9. The molecule has 0 saturated carbocycles. The molecule has 254 valence electrons. The highest BCUT2D eigenvalue weighted by Crippen LogP contribution is 2.28. The molecule has 0 saturated heterocycles. The van der Waals surface area contributed by atoms with Gasteiger partial charge in [0.25, 0.3) is 0 Å². The Morgan fingerprint density at radius 1 is 0.870 bits per heavy atom. The van der Waals surface area contributed by atoms with Crippen molar-refractivity contribution < 1.29 is 33.8 Å². The van der Waals surface area contributed by atoms with Crippen LogP contribution in [0.25, 0.3) is 0 Å². The summed E-state index contributed by atoms with van der Waals surface area (Å²) < 4.78 is 11.1. The molecule has 0 aliphatic rings. The first-order valence-electron chi connectivity index (χ1n) is 16.1. The molecule has 0 bridgehead atoms. The molecule has 0 spiro atoms. The van der Waals surface area contributed by atoms with Crippen molar-refractivity contribution in [3.8, 4) is 5.75 Å². The number of nitrogens with zero attached hydrogens (tertiary/aromatic N) is 1. The van der Waals surface area contributed by atoms with Gasteiger partial charge in [0, 0.05) is 13.0 Å². The number of rotatable bonds is 14. The van der Waals surface area contributed by atoms with Crippen molar-refractivity contribution in [2.45, 2.75) is 124 Å². The second-order valence-electron chi connectivity index (χ2n) is 13.7. The van der Waals surface area contributed by atoms with Gasteiger partial charge in [0.05, 0.1) is 0 Å². The highest BCUT2D eigenvalue weighted by atomic mass is 16.6. The van der Waals surface area contributed by atoms with Crippen LogP contribution in [0.15, 0.2) is 48.5 Å². The third-order valence-electron chi connectivity index (χ3n) is 7.03. The van der Waals surface area contributed by atoms with Crippen LogP contribution in [0, 0.1) is 6.92 Å². The SMILES string of the molecule is CCCCCCN(C(=O)C(C)NC(=O)OC(C)(C)C)C(C(=O)NC(Cc1ccccc1)C(=O)OC(C)(C)C)c1ccc(O)c(C)c1. The Labute approximate surface area is 274 Å². The minimum atomic E-state index is -1.18. The number of benzene rings is 2. The Balaban J connectivity index is 2.57. The second kappa shape index (κ2) is 17.0. The van der Waals surface area contributed by atoms with Crippen LogP contribution in [0.3, 0.4) is 0 Å². The van der Waals surface area contributed by atoms with Crippen molar-refractivity contribution in [2.75, 3.05) is 6.54 Å². The number of aromatic hydroxyl groups is 1. The van der Waals surface area contributed by atoms with Gasteiger partial charge in [0.2, 0.25) is 11.8 Å². The average Bonchev–Trinajstić information content (AvgIpc) is 2.94. The summed E-state index contributed by atoms with van der Waals surface area (Å²) in [6.07, 6.45) is 2.77. The number of carbonyl (C=O) groups excluding carboxylic acids is 4. The fourth-order valence-corrected chi connectivity index (χ4v) is 4.86. The van der Waals surface area contributed by atoms with E-state index in [2.05, 4.69) is 17.6 Å². The minimum Gasteiger partial charge on any atom is -0.508 e. The second-order valence-corrected chi connectivity index (χ2v) is 13.7. The van der Waals surface area contributed by atoms with Crippen LogP contribution >= 0.6 is 0 Å². The fourth-order valence-electron chi connectivity index (χ4n) is 4.86. The van der Waals surface area contributed by atoms with E-state index in [1.54, 1.807) is 67.5 Å². The minimum absolute atomic E-state index is 0.0411. The standard InChI is InChI=1S/C36H53N3O7/c1-10-11-12-16-21-39(32(42)25(3)37-34(44)46-36(7,8)9)30(27-19-20-29(40)24(2)22-27)31(41)38-28(33(43)45-35(4,5)6)23-26-17-14-13-15-18-26/h13-15,17-20,22,25,28,30,40H,10-12,16,21,23H2,1-9H3,(H,37,44)(H,38,41). The van der Waals surface area contributed by atoms with Crippen LogP contribution in [0.1, 0.15) is 104 Å². The first-order valence-corrected chi connectivity index (χ1v) is 16.1. The maximum atomic E-state index is 14.4. The summed E-state index contributed by atoms with van der Waals surface area (Å²) in [7, 11) is 0. The summed E-state index contributed by atoms with van der Waals surface area (Å²) in [5.41, 5.74) is 0.214. The van der Waals surface area contributed by atoms with Crippen LogP contribution in [0.4, 0.5) is 4.79 Å². The molecular weight excluding hydrogens is 586 g/mol. The summed E-state index contributed by atoms with van der Waals surface area (Å²) in [5.74, 6) is -1.65. The molecule has 10 heteroatoms. The molecule has 3 amide bonds. The van der Waals surface area contributed by atoms with E-state index in [1.165, 1.54) is 11.0 Å². The highest BCUT2D eigenvalue weighted by Gasteiger charge is 2.37. The Kier molecular flexibility index (Phi) is 14.1. The van der Waals surface area contributed by atoms with Gasteiger partial charge in [-0.2, -0.15) is 0 Å². The molecule has 0 aliphatic carbocycles. The summed E-state index contributed by atoms with van der Waals surface area (Å²) in [5, 5.41) is 15.8. The lowest BCUT2D eigenvalue weighted by Crippen LogP contribution is -2.54. The molecule has 3 unspecified atom stereocenters. The van der Waals surface area contributed by atoms with Crippen molar-refractivity contribution in [1.82, 2.24) is 15.5 Å². The molecular formula is C36H53N3O7. The van der Waals surface area contributed by atoms with Gasteiger partial charge in [-0.1, -0.05) is 62.6 Å². The molecule has 2 aromatic carbocycles. The number of aryl methyl sites for hydroxylation is 1. The smallest absolute Gasteiger partial charge is 0.408 e. The predicted molar refractivity (Wildman–Crippen MR) is 178 cm³/mol. The number of nitrogens with one attached hydrogen (secondary N) is 2. The van der Waals surface area contributed by atoms with E-state index in [4.69, 9.17) is 9.47 Å². The van der Waals surface area contributed by atoms with E-state index in [1.807, 2.05) is 30.3 Å². The quantitative estimate of drug-likeness (QED) is 0.167. The van der Waals surface area contributed by atoms with Crippen molar-refractivity contribution in [2.24, 2.45) is 0 Å². The number of esters is 1. The van der Waals surface area contributed by atoms with Crippen molar-refractivity contribution >= 4 is 23.9 Å². The lowest BCUT2D eigenvalue weighted by Gasteiger charge is -2.35. The van der Waals surface area contributed by atoms with Gasteiger partial charge >= 0.3 is 12.1 Å². The van der Waals surface area contributed by atoms with Crippen LogP contribution in [-0.4, -0.2) is 63.7 Å². The van der Waals surface area contributed by atoms with Crippen molar-refractivity contribution in [3.05, 3.63) is 65.2 Å². The molecule has 2 rings (SSSR count). The Hall–Kier alpha value is -4.08. The van der Waals surface area contributed by atoms with Gasteiger partial charge in [-0.15, -0.1) is 0 Å². The number of alkyl carbamates (subject to hydrolysis) is 1. The third kappa shape index (κ3) is 12.7.